The SMILES string of the molecule is COCCCC1([C@H](O)C=C[C@H]2COC(=O)N2CCSc2nc(C(=O)O)cs2)CCC1. The number of ether oxygens (including phenoxy) is 2. The molecule has 2 heterocycles. The number of carbonyl (C=O) groups is 2. The molecule has 166 valence electrons. The van der Waals surface area contributed by atoms with Crippen LogP contribution in [0.1, 0.15) is 42.6 Å². The van der Waals surface area contributed by atoms with Gasteiger partial charge in [-0.15, -0.1) is 11.3 Å². The summed E-state index contributed by atoms with van der Waals surface area (Å²) in [6.07, 6.45) is 7.79. The number of aromatic nitrogens is 1. The summed E-state index contributed by atoms with van der Waals surface area (Å²) in [5, 5.41) is 21.2. The first-order chi connectivity index (χ1) is 14.4. The average Bonchev–Trinajstić information content (AvgIpc) is 3.30. The van der Waals surface area contributed by atoms with E-state index in [4.69, 9.17) is 14.6 Å². The van der Waals surface area contributed by atoms with Gasteiger partial charge in [0.1, 0.15) is 6.61 Å². The van der Waals surface area contributed by atoms with E-state index < -0.39 is 12.1 Å². The second-order valence-electron chi connectivity index (χ2n) is 7.63. The maximum Gasteiger partial charge on any atom is 0.410 e. The fourth-order valence-electron chi connectivity index (χ4n) is 3.87. The molecule has 2 aliphatic rings. The Morgan fingerprint density at radius 1 is 1.57 bits per heavy atom. The number of methoxy groups -OCH3 is 1. The maximum absolute atomic E-state index is 12.1. The number of rotatable bonds is 12. The van der Waals surface area contributed by atoms with Crippen LogP contribution in [-0.4, -0.2) is 76.9 Å². The van der Waals surface area contributed by atoms with Crippen molar-refractivity contribution in [3.8, 4) is 0 Å². The second kappa shape index (κ2) is 10.6. The number of carbonyl (C=O) groups excluding carboxylic acids is 1. The molecule has 1 saturated carbocycles. The summed E-state index contributed by atoms with van der Waals surface area (Å²) in [5.41, 5.74) is -0.0420. The molecule has 10 heteroatoms. The van der Waals surface area contributed by atoms with Gasteiger partial charge >= 0.3 is 12.1 Å². The first kappa shape index (κ1) is 23.1. The number of aromatic carboxylic acids is 1. The van der Waals surface area contributed by atoms with Gasteiger partial charge in [0.05, 0.1) is 12.1 Å². The van der Waals surface area contributed by atoms with Gasteiger partial charge in [0.2, 0.25) is 0 Å². The summed E-state index contributed by atoms with van der Waals surface area (Å²) in [5.74, 6) is -0.466. The van der Waals surface area contributed by atoms with Crippen molar-refractivity contribution in [2.24, 2.45) is 5.41 Å². The lowest BCUT2D eigenvalue weighted by Gasteiger charge is -2.45. The Kier molecular flexibility index (Phi) is 8.15. The first-order valence-corrected chi connectivity index (χ1v) is 11.9. The third-order valence-electron chi connectivity index (χ3n) is 5.79. The van der Waals surface area contributed by atoms with Crippen molar-refractivity contribution in [1.29, 1.82) is 0 Å². The number of nitrogens with zero attached hydrogens (tertiary/aromatic N) is 2. The van der Waals surface area contributed by atoms with Crippen LogP contribution in [0.2, 0.25) is 0 Å². The largest absolute Gasteiger partial charge is 0.476 e. The maximum atomic E-state index is 12.1. The lowest BCUT2D eigenvalue weighted by Crippen LogP contribution is -2.41. The Morgan fingerprint density at radius 3 is 3.00 bits per heavy atom. The molecular formula is C20H28N2O6S2. The van der Waals surface area contributed by atoms with Crippen LogP contribution in [-0.2, 0) is 9.47 Å². The lowest BCUT2D eigenvalue weighted by atomic mass is 9.62. The summed E-state index contributed by atoms with van der Waals surface area (Å²) >= 11 is 2.69. The molecular weight excluding hydrogens is 428 g/mol. The van der Waals surface area contributed by atoms with E-state index >= 15 is 0 Å². The molecule has 0 unspecified atom stereocenters. The van der Waals surface area contributed by atoms with Crippen LogP contribution in [0.15, 0.2) is 21.9 Å². The highest BCUT2D eigenvalue weighted by Crippen LogP contribution is 2.48. The van der Waals surface area contributed by atoms with Crippen molar-refractivity contribution in [2.45, 2.75) is 48.6 Å². The number of carboxylic acid groups (broad SMARTS) is 1. The number of amides is 1. The molecule has 1 aromatic heterocycles. The number of hydrogen-bond donors (Lipinski definition) is 2. The summed E-state index contributed by atoms with van der Waals surface area (Å²) in [6.45, 7) is 1.42. The third kappa shape index (κ3) is 5.54. The monoisotopic (exact) mass is 456 g/mol. The van der Waals surface area contributed by atoms with Gasteiger partial charge in [0.15, 0.2) is 10.0 Å². The van der Waals surface area contributed by atoms with Crippen molar-refractivity contribution in [2.75, 3.05) is 32.6 Å². The summed E-state index contributed by atoms with van der Waals surface area (Å²) in [6, 6.07) is -0.213. The Bertz CT molecular complexity index is 764. The molecule has 0 radical (unpaired) electrons. The van der Waals surface area contributed by atoms with Crippen molar-refractivity contribution in [3.05, 3.63) is 23.2 Å². The smallest absolute Gasteiger partial charge is 0.410 e. The number of aliphatic hydroxyl groups is 1. The number of cyclic esters (lactones) is 1. The molecule has 0 spiro atoms. The highest BCUT2D eigenvalue weighted by molar-refractivity contribution is 8.01. The van der Waals surface area contributed by atoms with Crippen LogP contribution in [0.25, 0.3) is 0 Å². The Balaban J connectivity index is 1.51. The van der Waals surface area contributed by atoms with Gasteiger partial charge in [0, 0.05) is 31.4 Å². The predicted molar refractivity (Wildman–Crippen MR) is 114 cm³/mol. The minimum Gasteiger partial charge on any atom is -0.476 e. The molecule has 1 aliphatic carbocycles. The van der Waals surface area contributed by atoms with Gasteiger partial charge < -0.3 is 19.7 Å². The summed E-state index contributed by atoms with van der Waals surface area (Å²) < 4.78 is 11.0. The molecule has 2 fully saturated rings. The van der Waals surface area contributed by atoms with E-state index in [1.54, 1.807) is 12.0 Å². The van der Waals surface area contributed by atoms with Gasteiger partial charge in [-0.05, 0) is 31.1 Å². The molecule has 2 N–H and O–H groups in total. The predicted octanol–water partition coefficient (Wildman–Crippen LogP) is 3.27. The molecule has 0 aromatic carbocycles. The first-order valence-electron chi connectivity index (χ1n) is 10.1. The van der Waals surface area contributed by atoms with E-state index in [2.05, 4.69) is 4.98 Å². The van der Waals surface area contributed by atoms with Crippen LogP contribution in [0.5, 0.6) is 0 Å². The molecule has 30 heavy (non-hydrogen) atoms. The topological polar surface area (TPSA) is 109 Å². The zero-order valence-corrected chi connectivity index (χ0v) is 18.6. The van der Waals surface area contributed by atoms with Gasteiger partial charge in [0.25, 0.3) is 0 Å². The summed E-state index contributed by atoms with van der Waals surface area (Å²) in [4.78, 5) is 28.7. The quantitative estimate of drug-likeness (QED) is 0.280. The molecule has 1 aromatic rings. The minimum atomic E-state index is -1.04. The van der Waals surface area contributed by atoms with E-state index in [9.17, 15) is 14.7 Å². The Labute approximate surface area is 184 Å². The van der Waals surface area contributed by atoms with Gasteiger partial charge in [-0.25, -0.2) is 14.6 Å². The van der Waals surface area contributed by atoms with Crippen molar-refractivity contribution >= 4 is 35.2 Å². The van der Waals surface area contributed by atoms with Gasteiger partial charge in [-0.2, -0.15) is 0 Å². The number of aliphatic hydroxyl groups excluding tert-OH is 1. The molecule has 8 nitrogen and oxygen atoms in total. The number of thiazole rings is 1. The highest BCUT2D eigenvalue weighted by atomic mass is 32.2. The molecule has 1 amide bonds. The van der Waals surface area contributed by atoms with E-state index in [0.29, 0.717) is 23.2 Å². The standard InChI is InChI=1S/C20H28N2O6S2/c1-27-10-3-8-20(6-2-7-20)16(23)5-4-14-12-28-19(26)22(14)9-11-29-18-21-15(13-30-18)17(24)25/h4-5,13-14,16,23H,2-3,6-12H2,1H3,(H,24,25)/t14-,16+/m0/s1. The van der Waals surface area contributed by atoms with Crippen molar-refractivity contribution < 1.29 is 29.3 Å². The molecule has 0 bridgehead atoms. The van der Waals surface area contributed by atoms with Gasteiger partial charge in [-0.1, -0.05) is 30.3 Å². The van der Waals surface area contributed by atoms with Crippen molar-refractivity contribution in [3.63, 3.8) is 0 Å². The third-order valence-corrected chi connectivity index (χ3v) is 7.79. The van der Waals surface area contributed by atoms with E-state index in [1.807, 2.05) is 12.2 Å². The minimum absolute atomic E-state index is 0.0355. The highest BCUT2D eigenvalue weighted by Gasteiger charge is 2.42. The average molecular weight is 457 g/mol. The van der Waals surface area contributed by atoms with Crippen LogP contribution in [0, 0.1) is 5.41 Å². The summed E-state index contributed by atoms with van der Waals surface area (Å²) in [7, 11) is 1.69. The van der Waals surface area contributed by atoms with E-state index in [0.717, 1.165) is 32.1 Å². The fourth-order valence-corrected chi connectivity index (χ4v) is 5.67. The number of thioether (sulfide) groups is 1. The van der Waals surface area contributed by atoms with Crippen LogP contribution in [0.3, 0.4) is 0 Å². The molecule has 2 atom stereocenters. The Hall–Kier alpha value is -1.62. The van der Waals surface area contributed by atoms with Crippen LogP contribution in [0.4, 0.5) is 4.79 Å². The zero-order chi connectivity index (χ0) is 21.6. The van der Waals surface area contributed by atoms with Crippen LogP contribution >= 0.6 is 23.1 Å². The Morgan fingerprint density at radius 2 is 2.37 bits per heavy atom. The normalized spacial score (nSPS) is 21.6. The molecule has 1 aliphatic heterocycles. The van der Waals surface area contributed by atoms with E-state index in [-0.39, 0.29) is 29.9 Å². The second-order valence-corrected chi connectivity index (χ2v) is 9.83. The van der Waals surface area contributed by atoms with Crippen molar-refractivity contribution in [1.82, 2.24) is 9.88 Å². The number of hydrogen-bond acceptors (Lipinski definition) is 8. The fraction of sp³-hybridized carbons (Fsp3) is 0.650. The molecule has 3 rings (SSSR count). The lowest BCUT2D eigenvalue weighted by molar-refractivity contribution is -0.0183. The number of carboxylic acids is 1. The molecule has 1 saturated heterocycles. The zero-order valence-electron chi connectivity index (χ0n) is 17.0. The van der Waals surface area contributed by atoms with E-state index in [1.165, 1.54) is 28.5 Å². The van der Waals surface area contributed by atoms with Crippen LogP contribution < -0.4 is 0 Å². The van der Waals surface area contributed by atoms with Gasteiger partial charge in [-0.3, -0.25) is 4.90 Å².